The van der Waals surface area contributed by atoms with E-state index in [1.165, 1.54) is 6.07 Å². The van der Waals surface area contributed by atoms with Crippen LogP contribution in [0.25, 0.3) is 0 Å². The number of nitrogens with one attached hydrogen (secondary N) is 2. The SMILES string of the molecule is O=C(CC1CCCNC1)Nc1cc(Br)ccc1F. The number of carbonyl (C=O) groups excluding carboxylic acids is 1. The molecule has 98 valence electrons. The van der Waals surface area contributed by atoms with E-state index in [1.807, 2.05) is 0 Å². The number of halogens is 2. The molecule has 0 aliphatic carbocycles. The van der Waals surface area contributed by atoms with Gasteiger partial charge in [0.05, 0.1) is 5.69 Å². The van der Waals surface area contributed by atoms with Gasteiger partial charge < -0.3 is 10.6 Å². The van der Waals surface area contributed by atoms with Gasteiger partial charge in [-0.25, -0.2) is 4.39 Å². The number of amides is 1. The minimum atomic E-state index is -0.409. The van der Waals surface area contributed by atoms with Gasteiger partial charge in [-0.3, -0.25) is 4.79 Å². The van der Waals surface area contributed by atoms with E-state index in [-0.39, 0.29) is 11.6 Å². The van der Waals surface area contributed by atoms with E-state index in [4.69, 9.17) is 0 Å². The molecule has 2 N–H and O–H groups in total. The van der Waals surface area contributed by atoms with Crippen molar-refractivity contribution in [2.45, 2.75) is 19.3 Å². The fourth-order valence-electron chi connectivity index (χ4n) is 2.15. The molecule has 18 heavy (non-hydrogen) atoms. The first-order chi connectivity index (χ1) is 8.65. The molecule has 1 aliphatic rings. The summed E-state index contributed by atoms with van der Waals surface area (Å²) in [6, 6.07) is 4.52. The van der Waals surface area contributed by atoms with Crippen LogP contribution in [0.1, 0.15) is 19.3 Å². The van der Waals surface area contributed by atoms with E-state index in [0.717, 1.165) is 30.4 Å². The molecular weight excluding hydrogens is 299 g/mol. The Hall–Kier alpha value is -0.940. The fourth-order valence-corrected chi connectivity index (χ4v) is 2.52. The Morgan fingerprint density at radius 3 is 3.11 bits per heavy atom. The van der Waals surface area contributed by atoms with Gasteiger partial charge >= 0.3 is 0 Å². The summed E-state index contributed by atoms with van der Waals surface area (Å²) in [5, 5.41) is 5.89. The van der Waals surface area contributed by atoms with Crippen LogP contribution in [0.4, 0.5) is 10.1 Å². The van der Waals surface area contributed by atoms with Crippen molar-refractivity contribution in [3.63, 3.8) is 0 Å². The molecule has 1 amide bonds. The molecule has 5 heteroatoms. The summed E-state index contributed by atoms with van der Waals surface area (Å²) in [4.78, 5) is 11.8. The summed E-state index contributed by atoms with van der Waals surface area (Å²) in [7, 11) is 0. The summed E-state index contributed by atoms with van der Waals surface area (Å²) in [6.45, 7) is 1.90. The molecule has 1 fully saturated rings. The van der Waals surface area contributed by atoms with E-state index >= 15 is 0 Å². The lowest BCUT2D eigenvalue weighted by Crippen LogP contribution is -2.32. The van der Waals surface area contributed by atoms with E-state index in [0.29, 0.717) is 12.3 Å². The zero-order valence-electron chi connectivity index (χ0n) is 10.0. The minimum Gasteiger partial charge on any atom is -0.324 e. The van der Waals surface area contributed by atoms with Gasteiger partial charge in [0, 0.05) is 10.9 Å². The molecule has 0 bridgehead atoms. The number of hydrogen-bond donors (Lipinski definition) is 2. The fraction of sp³-hybridized carbons (Fsp3) is 0.462. The van der Waals surface area contributed by atoms with Crippen molar-refractivity contribution in [3.05, 3.63) is 28.5 Å². The Balaban J connectivity index is 1.92. The van der Waals surface area contributed by atoms with Crippen molar-refractivity contribution in [3.8, 4) is 0 Å². The number of rotatable bonds is 3. The van der Waals surface area contributed by atoms with Crippen LogP contribution in [0.3, 0.4) is 0 Å². The molecular formula is C13H16BrFN2O. The van der Waals surface area contributed by atoms with Gasteiger partial charge in [0.15, 0.2) is 0 Å². The average molecular weight is 315 g/mol. The zero-order valence-corrected chi connectivity index (χ0v) is 11.6. The van der Waals surface area contributed by atoms with Crippen molar-refractivity contribution in [2.75, 3.05) is 18.4 Å². The number of piperidine rings is 1. The average Bonchev–Trinajstić information content (AvgIpc) is 2.35. The van der Waals surface area contributed by atoms with Crippen LogP contribution >= 0.6 is 15.9 Å². The monoisotopic (exact) mass is 314 g/mol. The van der Waals surface area contributed by atoms with E-state index < -0.39 is 5.82 Å². The molecule has 0 aromatic heterocycles. The normalized spacial score (nSPS) is 19.6. The van der Waals surface area contributed by atoms with Gasteiger partial charge in [0.1, 0.15) is 5.82 Å². The number of benzene rings is 1. The number of carbonyl (C=O) groups is 1. The molecule has 1 atom stereocenters. The largest absolute Gasteiger partial charge is 0.324 e. The van der Waals surface area contributed by atoms with Gasteiger partial charge in [0.2, 0.25) is 5.91 Å². The first-order valence-electron chi connectivity index (χ1n) is 6.11. The van der Waals surface area contributed by atoms with Crippen LogP contribution < -0.4 is 10.6 Å². The standard InChI is InChI=1S/C13H16BrFN2O/c14-10-3-4-11(15)12(7-10)17-13(18)6-9-2-1-5-16-8-9/h3-4,7,9,16H,1-2,5-6,8H2,(H,17,18). The molecule has 0 spiro atoms. The maximum atomic E-state index is 13.5. The van der Waals surface area contributed by atoms with Crippen LogP contribution in [0.2, 0.25) is 0 Å². The third-order valence-electron chi connectivity index (χ3n) is 3.08. The third-order valence-corrected chi connectivity index (χ3v) is 3.57. The molecule has 0 radical (unpaired) electrons. The smallest absolute Gasteiger partial charge is 0.224 e. The highest BCUT2D eigenvalue weighted by molar-refractivity contribution is 9.10. The lowest BCUT2D eigenvalue weighted by molar-refractivity contribution is -0.117. The van der Waals surface area contributed by atoms with Crippen molar-refractivity contribution < 1.29 is 9.18 Å². The second-order valence-electron chi connectivity index (χ2n) is 4.59. The van der Waals surface area contributed by atoms with E-state index in [1.54, 1.807) is 12.1 Å². The quantitative estimate of drug-likeness (QED) is 0.900. The first kappa shape index (κ1) is 13.5. The molecule has 1 aromatic rings. The highest BCUT2D eigenvalue weighted by Gasteiger charge is 2.17. The maximum Gasteiger partial charge on any atom is 0.224 e. The van der Waals surface area contributed by atoms with E-state index in [9.17, 15) is 9.18 Å². The summed E-state index contributed by atoms with van der Waals surface area (Å²) in [5.74, 6) is -0.178. The number of anilines is 1. The Kier molecular flexibility index (Phi) is 4.72. The van der Waals surface area contributed by atoms with Gasteiger partial charge in [-0.05, 0) is 50.0 Å². The molecule has 1 aliphatic heterocycles. The van der Waals surface area contributed by atoms with Crippen LogP contribution in [0.5, 0.6) is 0 Å². The Morgan fingerprint density at radius 2 is 2.39 bits per heavy atom. The highest BCUT2D eigenvalue weighted by atomic mass is 79.9. The van der Waals surface area contributed by atoms with Gasteiger partial charge in [-0.1, -0.05) is 15.9 Å². The minimum absolute atomic E-state index is 0.124. The molecule has 0 saturated carbocycles. The highest BCUT2D eigenvalue weighted by Crippen LogP contribution is 2.21. The Bertz CT molecular complexity index is 433. The van der Waals surface area contributed by atoms with Gasteiger partial charge in [-0.15, -0.1) is 0 Å². The lowest BCUT2D eigenvalue weighted by atomic mass is 9.96. The van der Waals surface area contributed by atoms with Gasteiger partial charge in [-0.2, -0.15) is 0 Å². The Labute approximate surface area is 114 Å². The van der Waals surface area contributed by atoms with Crippen LogP contribution in [0, 0.1) is 11.7 Å². The summed E-state index contributed by atoms with van der Waals surface area (Å²) < 4.78 is 14.2. The summed E-state index contributed by atoms with van der Waals surface area (Å²) >= 11 is 3.26. The molecule has 1 saturated heterocycles. The van der Waals surface area contributed by atoms with E-state index in [2.05, 4.69) is 26.6 Å². The molecule has 3 nitrogen and oxygen atoms in total. The molecule has 2 rings (SSSR count). The molecule has 1 unspecified atom stereocenters. The van der Waals surface area contributed by atoms with Crippen molar-refractivity contribution >= 4 is 27.5 Å². The van der Waals surface area contributed by atoms with Crippen LogP contribution in [0.15, 0.2) is 22.7 Å². The van der Waals surface area contributed by atoms with Crippen molar-refractivity contribution in [1.29, 1.82) is 0 Å². The topological polar surface area (TPSA) is 41.1 Å². The predicted molar refractivity (Wildman–Crippen MR) is 72.9 cm³/mol. The lowest BCUT2D eigenvalue weighted by Gasteiger charge is -2.22. The Morgan fingerprint density at radius 1 is 1.56 bits per heavy atom. The van der Waals surface area contributed by atoms with Crippen molar-refractivity contribution in [2.24, 2.45) is 5.92 Å². The molecule has 1 heterocycles. The molecule has 1 aromatic carbocycles. The summed E-state index contributed by atoms with van der Waals surface area (Å²) in [5.41, 5.74) is 0.234. The zero-order chi connectivity index (χ0) is 13.0. The predicted octanol–water partition coefficient (Wildman–Crippen LogP) is 2.92. The number of hydrogen-bond acceptors (Lipinski definition) is 2. The first-order valence-corrected chi connectivity index (χ1v) is 6.90. The van der Waals surface area contributed by atoms with Gasteiger partial charge in [0.25, 0.3) is 0 Å². The van der Waals surface area contributed by atoms with Crippen LogP contribution in [-0.2, 0) is 4.79 Å². The van der Waals surface area contributed by atoms with Crippen molar-refractivity contribution in [1.82, 2.24) is 5.32 Å². The second-order valence-corrected chi connectivity index (χ2v) is 5.50. The second kappa shape index (κ2) is 6.29. The maximum absolute atomic E-state index is 13.5. The summed E-state index contributed by atoms with van der Waals surface area (Å²) in [6.07, 6.45) is 2.60. The third kappa shape index (κ3) is 3.78. The van der Waals surface area contributed by atoms with Crippen LogP contribution in [-0.4, -0.2) is 19.0 Å².